The smallest absolute Gasteiger partial charge is 0.295 e. The number of ether oxygens (including phenoxy) is 2. The number of aliphatic hydroxyl groups is 1. The third-order valence-electron chi connectivity index (χ3n) is 6.02. The second-order valence-corrected chi connectivity index (χ2v) is 7.89. The van der Waals surface area contributed by atoms with Crippen LogP contribution in [0.1, 0.15) is 31.0 Å². The Kier molecular flexibility index (Phi) is 8.49. The van der Waals surface area contributed by atoms with Gasteiger partial charge >= 0.3 is 0 Å². The third kappa shape index (κ3) is 5.15. The summed E-state index contributed by atoms with van der Waals surface area (Å²) in [6, 6.07) is 13.2. The lowest BCUT2D eigenvalue weighted by Gasteiger charge is -2.29. The average molecular weight is 465 g/mol. The molecule has 3 rings (SSSR count). The Bertz CT molecular complexity index is 1060. The highest BCUT2D eigenvalue weighted by atomic mass is 16.5. The molecule has 2 aromatic rings. The molecule has 7 nitrogen and oxygen atoms in total. The highest BCUT2D eigenvalue weighted by molar-refractivity contribution is 6.46. The number of nitrogens with zero attached hydrogens (tertiary/aromatic N) is 2. The van der Waals surface area contributed by atoms with Crippen LogP contribution in [0.2, 0.25) is 0 Å². The molecule has 1 atom stereocenters. The largest absolute Gasteiger partial charge is 0.507 e. The van der Waals surface area contributed by atoms with Crippen LogP contribution in [-0.2, 0) is 9.59 Å². The number of Topliss-reactive ketones (excluding diaryl/α,β-unsaturated/α-hetero) is 1. The van der Waals surface area contributed by atoms with E-state index < -0.39 is 17.7 Å². The van der Waals surface area contributed by atoms with Gasteiger partial charge in [0, 0.05) is 24.2 Å². The summed E-state index contributed by atoms with van der Waals surface area (Å²) in [6.45, 7) is 10.7. The second kappa shape index (κ2) is 11.5. The number of likely N-dealkylation sites (N-methyl/N-ethyl adjacent to an activating group) is 1. The number of likely N-dealkylation sites (tertiary alicyclic amines) is 1. The molecule has 1 fully saturated rings. The first-order valence-electron chi connectivity index (χ1n) is 11.4. The maximum atomic E-state index is 13.2. The highest BCUT2D eigenvalue weighted by Gasteiger charge is 2.46. The van der Waals surface area contributed by atoms with Crippen LogP contribution in [0.15, 0.2) is 66.8 Å². The Labute approximate surface area is 200 Å². The Morgan fingerprint density at radius 1 is 1.12 bits per heavy atom. The average Bonchev–Trinajstić information content (AvgIpc) is 3.12. The molecule has 1 unspecified atom stereocenters. The number of benzene rings is 2. The van der Waals surface area contributed by atoms with Gasteiger partial charge in [-0.3, -0.25) is 9.59 Å². The van der Waals surface area contributed by atoms with Crippen molar-refractivity contribution >= 4 is 17.4 Å². The van der Waals surface area contributed by atoms with E-state index in [0.717, 1.165) is 13.1 Å². The van der Waals surface area contributed by atoms with Crippen LogP contribution in [0.4, 0.5) is 0 Å². The highest BCUT2D eigenvalue weighted by Crippen LogP contribution is 2.42. The number of ketones is 1. The minimum atomic E-state index is -0.761. The predicted octanol–water partition coefficient (Wildman–Crippen LogP) is 4.02. The van der Waals surface area contributed by atoms with Gasteiger partial charge in [0.15, 0.2) is 0 Å². The Morgan fingerprint density at radius 3 is 2.41 bits per heavy atom. The van der Waals surface area contributed by atoms with E-state index in [9.17, 15) is 14.7 Å². The number of rotatable bonds is 11. The number of amides is 1. The van der Waals surface area contributed by atoms with Crippen LogP contribution in [-0.4, -0.2) is 66.5 Å². The summed E-state index contributed by atoms with van der Waals surface area (Å²) in [4.78, 5) is 30.1. The molecule has 0 saturated carbocycles. The zero-order chi connectivity index (χ0) is 24.7. The molecule has 0 bridgehead atoms. The summed E-state index contributed by atoms with van der Waals surface area (Å²) < 4.78 is 11.0. The van der Waals surface area contributed by atoms with E-state index in [1.807, 2.05) is 18.2 Å². The molecule has 1 heterocycles. The Balaban J connectivity index is 2.08. The maximum absolute atomic E-state index is 13.2. The quantitative estimate of drug-likeness (QED) is 0.234. The molecule has 1 aliphatic rings. The fourth-order valence-corrected chi connectivity index (χ4v) is 4.13. The van der Waals surface area contributed by atoms with Crippen molar-refractivity contribution in [2.45, 2.75) is 19.9 Å². The van der Waals surface area contributed by atoms with E-state index >= 15 is 0 Å². The number of carbonyl (C=O) groups excluding carboxylic acids is 2. The van der Waals surface area contributed by atoms with Crippen molar-refractivity contribution in [2.24, 2.45) is 0 Å². The van der Waals surface area contributed by atoms with Crippen molar-refractivity contribution in [1.29, 1.82) is 0 Å². The fraction of sp³-hybridized carbons (Fsp3) is 0.333. The number of para-hydroxylation sites is 1. The summed E-state index contributed by atoms with van der Waals surface area (Å²) >= 11 is 0. The van der Waals surface area contributed by atoms with Crippen molar-refractivity contribution in [1.82, 2.24) is 9.80 Å². The zero-order valence-electron chi connectivity index (χ0n) is 20.0. The molecule has 1 aliphatic heterocycles. The van der Waals surface area contributed by atoms with Gasteiger partial charge in [-0.2, -0.15) is 0 Å². The van der Waals surface area contributed by atoms with Gasteiger partial charge in [0.2, 0.25) is 0 Å². The maximum Gasteiger partial charge on any atom is 0.295 e. The van der Waals surface area contributed by atoms with Gasteiger partial charge in [-0.25, -0.2) is 0 Å². The normalized spacial score (nSPS) is 17.3. The molecule has 7 heteroatoms. The van der Waals surface area contributed by atoms with Crippen LogP contribution in [0.5, 0.6) is 11.5 Å². The van der Waals surface area contributed by atoms with Crippen LogP contribution in [0.3, 0.4) is 0 Å². The number of carbonyl (C=O) groups is 2. The molecule has 0 aliphatic carbocycles. The van der Waals surface area contributed by atoms with Crippen molar-refractivity contribution in [2.75, 3.05) is 39.9 Å². The van der Waals surface area contributed by atoms with E-state index in [1.54, 1.807) is 43.5 Å². The summed E-state index contributed by atoms with van der Waals surface area (Å²) in [5, 5.41) is 11.2. The number of hydrogen-bond acceptors (Lipinski definition) is 6. The minimum Gasteiger partial charge on any atom is -0.507 e. The van der Waals surface area contributed by atoms with E-state index in [1.165, 1.54) is 4.90 Å². The number of methoxy groups -OCH3 is 1. The lowest BCUT2D eigenvalue weighted by atomic mass is 9.94. The van der Waals surface area contributed by atoms with Crippen LogP contribution < -0.4 is 9.47 Å². The van der Waals surface area contributed by atoms with Crippen molar-refractivity contribution in [3.8, 4) is 11.5 Å². The lowest BCUT2D eigenvalue weighted by Crippen LogP contribution is -2.38. The fourth-order valence-electron chi connectivity index (χ4n) is 4.13. The minimum absolute atomic E-state index is 0.0498. The number of aliphatic hydroxyl groups excluding tert-OH is 1. The second-order valence-electron chi connectivity index (χ2n) is 7.89. The SMILES string of the molecule is C=CCOc1ccc(/C(O)=C2\C(=O)C(=O)N(CCN(CC)CC)C2c2ccccc2OC)cc1. The van der Waals surface area contributed by atoms with Crippen molar-refractivity contribution in [3.63, 3.8) is 0 Å². The molecule has 0 spiro atoms. The molecule has 2 aromatic carbocycles. The molecule has 180 valence electrons. The van der Waals surface area contributed by atoms with E-state index in [4.69, 9.17) is 9.47 Å². The predicted molar refractivity (Wildman–Crippen MR) is 132 cm³/mol. The third-order valence-corrected chi connectivity index (χ3v) is 6.02. The zero-order valence-corrected chi connectivity index (χ0v) is 20.0. The Hall–Kier alpha value is -3.58. The monoisotopic (exact) mass is 464 g/mol. The van der Waals surface area contributed by atoms with Crippen molar-refractivity contribution < 1.29 is 24.2 Å². The standard InChI is InChI=1S/C27H32N2O5/c1-5-18-34-20-14-12-19(13-15-20)25(30)23-24(21-10-8-9-11-22(21)33-4)29(27(32)26(23)31)17-16-28(6-2)7-3/h5,8-15,24,30H,1,6-7,16-18H2,2-4H3/b25-23+. The van der Waals surface area contributed by atoms with Gasteiger partial charge in [0.1, 0.15) is 23.9 Å². The summed E-state index contributed by atoms with van der Waals surface area (Å²) in [7, 11) is 1.54. The van der Waals surface area contributed by atoms with Crippen molar-refractivity contribution in [3.05, 3.63) is 77.9 Å². The van der Waals surface area contributed by atoms with Crippen LogP contribution >= 0.6 is 0 Å². The lowest BCUT2D eigenvalue weighted by molar-refractivity contribution is -0.140. The summed E-state index contributed by atoms with van der Waals surface area (Å²) in [6.07, 6.45) is 1.64. The topological polar surface area (TPSA) is 79.3 Å². The first-order chi connectivity index (χ1) is 16.5. The van der Waals surface area contributed by atoms with Gasteiger partial charge in [-0.15, -0.1) is 0 Å². The molecule has 34 heavy (non-hydrogen) atoms. The first-order valence-corrected chi connectivity index (χ1v) is 11.4. The van der Waals surface area contributed by atoms with E-state index in [0.29, 0.717) is 42.3 Å². The van der Waals surface area contributed by atoms with Gasteiger partial charge in [0.05, 0.1) is 18.7 Å². The van der Waals surface area contributed by atoms with Gasteiger partial charge in [0.25, 0.3) is 11.7 Å². The van der Waals surface area contributed by atoms with E-state index in [-0.39, 0.29) is 11.3 Å². The molecule has 0 radical (unpaired) electrons. The molecule has 1 saturated heterocycles. The molecular formula is C27H32N2O5. The molecule has 1 N–H and O–H groups in total. The molecule has 1 amide bonds. The van der Waals surface area contributed by atoms with Crippen LogP contribution in [0, 0.1) is 0 Å². The number of hydrogen-bond donors (Lipinski definition) is 1. The van der Waals surface area contributed by atoms with Gasteiger partial charge in [-0.05, 0) is 43.4 Å². The van der Waals surface area contributed by atoms with Gasteiger partial charge < -0.3 is 24.4 Å². The first kappa shape index (κ1) is 25.1. The van der Waals surface area contributed by atoms with E-state index in [2.05, 4.69) is 25.3 Å². The molecular weight excluding hydrogens is 432 g/mol. The Morgan fingerprint density at radius 2 is 1.79 bits per heavy atom. The summed E-state index contributed by atoms with van der Waals surface area (Å²) in [5.41, 5.74) is 1.12. The summed E-state index contributed by atoms with van der Waals surface area (Å²) in [5.74, 6) is -0.413. The molecule has 0 aromatic heterocycles. The van der Waals surface area contributed by atoms with Gasteiger partial charge in [-0.1, -0.05) is 44.7 Å². The van der Waals surface area contributed by atoms with Crippen LogP contribution in [0.25, 0.3) is 5.76 Å².